The van der Waals surface area contributed by atoms with Gasteiger partial charge in [-0.2, -0.15) is 0 Å². The van der Waals surface area contributed by atoms with Crippen molar-refractivity contribution in [3.8, 4) is 0 Å². The molecule has 0 saturated heterocycles. The summed E-state index contributed by atoms with van der Waals surface area (Å²) in [4.78, 5) is 35.7. The van der Waals surface area contributed by atoms with E-state index in [1.165, 1.54) is 30.5 Å². The van der Waals surface area contributed by atoms with Crippen molar-refractivity contribution in [2.75, 3.05) is 10.6 Å². The van der Waals surface area contributed by atoms with Crippen molar-refractivity contribution in [1.82, 2.24) is 0 Å². The van der Waals surface area contributed by atoms with Gasteiger partial charge in [0, 0.05) is 16.9 Å². The van der Waals surface area contributed by atoms with Crippen LogP contribution in [-0.2, 0) is 0 Å². The molecule has 0 unspecified atom stereocenters. The van der Waals surface area contributed by atoms with Gasteiger partial charge in [0.25, 0.3) is 11.8 Å². The number of anilines is 2. The summed E-state index contributed by atoms with van der Waals surface area (Å²) in [6, 6.07) is 14.0. The number of furan rings is 1. The monoisotopic (exact) mass is 364 g/mol. The van der Waals surface area contributed by atoms with Crippen molar-refractivity contribution in [3.05, 3.63) is 83.3 Å². The highest BCUT2D eigenvalue weighted by atomic mass is 16.4. The molecule has 7 heteroatoms. The van der Waals surface area contributed by atoms with Crippen LogP contribution in [0, 0.1) is 6.92 Å². The number of hydrogen-bond acceptors (Lipinski definition) is 4. The van der Waals surface area contributed by atoms with E-state index in [0.29, 0.717) is 16.9 Å². The maximum absolute atomic E-state index is 12.5. The Labute approximate surface area is 154 Å². The molecule has 136 valence electrons. The quantitative estimate of drug-likeness (QED) is 0.638. The molecule has 2 aromatic carbocycles. The van der Waals surface area contributed by atoms with E-state index in [9.17, 15) is 14.4 Å². The van der Waals surface area contributed by atoms with Crippen LogP contribution in [0.5, 0.6) is 0 Å². The molecule has 0 fully saturated rings. The van der Waals surface area contributed by atoms with Crippen LogP contribution in [0.15, 0.2) is 65.3 Å². The van der Waals surface area contributed by atoms with Gasteiger partial charge in [0.1, 0.15) is 0 Å². The Balaban J connectivity index is 1.77. The second-order valence-electron chi connectivity index (χ2n) is 5.80. The van der Waals surface area contributed by atoms with Crippen LogP contribution in [0.1, 0.15) is 36.8 Å². The zero-order valence-electron chi connectivity index (χ0n) is 14.4. The van der Waals surface area contributed by atoms with Crippen molar-refractivity contribution in [2.45, 2.75) is 6.92 Å². The number of aromatic carboxylic acids is 1. The SMILES string of the molecule is Cc1ccc(C(=O)O)cc1NC(=O)c1cccc(NC(=O)c2ccco2)c1. The molecule has 2 amide bonds. The smallest absolute Gasteiger partial charge is 0.335 e. The lowest BCUT2D eigenvalue weighted by atomic mass is 10.1. The Bertz CT molecular complexity index is 1010. The lowest BCUT2D eigenvalue weighted by Crippen LogP contribution is -2.15. The molecule has 0 bridgehead atoms. The highest BCUT2D eigenvalue weighted by Crippen LogP contribution is 2.19. The topological polar surface area (TPSA) is 109 Å². The molecule has 0 aliphatic rings. The van der Waals surface area contributed by atoms with E-state index in [-0.39, 0.29) is 11.3 Å². The number of nitrogens with one attached hydrogen (secondary N) is 2. The Hall–Kier alpha value is -3.87. The average Bonchev–Trinajstić information content (AvgIpc) is 3.18. The normalized spacial score (nSPS) is 10.3. The predicted octanol–water partition coefficient (Wildman–Crippen LogP) is 3.79. The van der Waals surface area contributed by atoms with Gasteiger partial charge in [-0.05, 0) is 55.0 Å². The number of carboxylic acid groups (broad SMARTS) is 1. The van der Waals surface area contributed by atoms with Crippen LogP contribution in [0.25, 0.3) is 0 Å². The van der Waals surface area contributed by atoms with E-state index in [0.717, 1.165) is 5.56 Å². The number of aryl methyl sites for hydroxylation is 1. The molecular weight excluding hydrogens is 348 g/mol. The van der Waals surface area contributed by atoms with Gasteiger partial charge in [-0.15, -0.1) is 0 Å². The number of carboxylic acids is 1. The first-order valence-corrected chi connectivity index (χ1v) is 8.04. The minimum absolute atomic E-state index is 0.0790. The third kappa shape index (κ3) is 4.21. The molecule has 7 nitrogen and oxygen atoms in total. The van der Waals surface area contributed by atoms with Crippen molar-refractivity contribution >= 4 is 29.2 Å². The van der Waals surface area contributed by atoms with E-state index < -0.39 is 17.8 Å². The second kappa shape index (κ2) is 7.57. The number of benzene rings is 2. The van der Waals surface area contributed by atoms with Gasteiger partial charge in [-0.3, -0.25) is 9.59 Å². The molecule has 0 radical (unpaired) electrons. The molecule has 0 atom stereocenters. The zero-order chi connectivity index (χ0) is 19.4. The standard InChI is InChI=1S/C20H16N2O5/c1-12-7-8-14(20(25)26)11-16(12)22-18(23)13-4-2-5-15(10-13)21-19(24)17-6-3-9-27-17/h2-11H,1H3,(H,21,24)(H,22,23)(H,25,26). The molecular formula is C20H16N2O5. The summed E-state index contributed by atoms with van der Waals surface area (Å²) < 4.78 is 5.03. The molecule has 3 N–H and O–H groups in total. The van der Waals surface area contributed by atoms with Gasteiger partial charge >= 0.3 is 5.97 Å². The largest absolute Gasteiger partial charge is 0.478 e. The van der Waals surface area contributed by atoms with Gasteiger partial charge in [-0.1, -0.05) is 12.1 Å². The third-order valence-electron chi connectivity index (χ3n) is 3.86. The number of carbonyl (C=O) groups is 3. The first-order valence-electron chi connectivity index (χ1n) is 8.04. The predicted molar refractivity (Wildman–Crippen MR) is 99.2 cm³/mol. The molecule has 0 spiro atoms. The van der Waals surface area contributed by atoms with Crippen LogP contribution in [0.3, 0.4) is 0 Å². The zero-order valence-corrected chi connectivity index (χ0v) is 14.4. The summed E-state index contributed by atoms with van der Waals surface area (Å²) in [6.45, 7) is 1.77. The molecule has 27 heavy (non-hydrogen) atoms. The minimum atomic E-state index is -1.08. The number of amides is 2. The van der Waals surface area contributed by atoms with Crippen LogP contribution in [-0.4, -0.2) is 22.9 Å². The van der Waals surface area contributed by atoms with Crippen LogP contribution in [0.2, 0.25) is 0 Å². The number of rotatable bonds is 5. The molecule has 0 saturated carbocycles. The highest BCUT2D eigenvalue weighted by molar-refractivity contribution is 6.07. The van der Waals surface area contributed by atoms with Gasteiger partial charge in [-0.25, -0.2) is 4.79 Å². The molecule has 1 heterocycles. The molecule has 0 aliphatic heterocycles. The Morgan fingerprint density at radius 1 is 0.889 bits per heavy atom. The van der Waals surface area contributed by atoms with Crippen molar-refractivity contribution in [3.63, 3.8) is 0 Å². The fourth-order valence-electron chi connectivity index (χ4n) is 2.42. The van der Waals surface area contributed by atoms with Crippen molar-refractivity contribution in [1.29, 1.82) is 0 Å². The summed E-state index contributed by atoms with van der Waals surface area (Å²) in [5.74, 6) is -1.77. The number of hydrogen-bond donors (Lipinski definition) is 3. The van der Waals surface area contributed by atoms with Gasteiger partial charge in [0.05, 0.1) is 11.8 Å². The lowest BCUT2D eigenvalue weighted by molar-refractivity contribution is 0.0696. The Kier molecular flexibility index (Phi) is 5.03. The Morgan fingerprint density at radius 3 is 2.41 bits per heavy atom. The third-order valence-corrected chi connectivity index (χ3v) is 3.86. The minimum Gasteiger partial charge on any atom is -0.478 e. The number of carbonyl (C=O) groups excluding carboxylic acids is 2. The van der Waals surface area contributed by atoms with Crippen LogP contribution in [0.4, 0.5) is 11.4 Å². The molecule has 0 aliphatic carbocycles. The first kappa shape index (κ1) is 17.9. The van der Waals surface area contributed by atoms with E-state index >= 15 is 0 Å². The van der Waals surface area contributed by atoms with E-state index in [1.54, 1.807) is 37.3 Å². The van der Waals surface area contributed by atoms with Gasteiger partial charge in [0.2, 0.25) is 0 Å². The summed E-state index contributed by atoms with van der Waals surface area (Å²) >= 11 is 0. The van der Waals surface area contributed by atoms with E-state index in [2.05, 4.69) is 10.6 Å². The maximum Gasteiger partial charge on any atom is 0.335 e. The molecule has 3 rings (SSSR count). The van der Waals surface area contributed by atoms with E-state index in [1.807, 2.05) is 0 Å². The summed E-state index contributed by atoms with van der Waals surface area (Å²) in [5.41, 5.74) is 1.96. The Morgan fingerprint density at radius 2 is 1.70 bits per heavy atom. The molecule has 3 aromatic rings. The fraction of sp³-hybridized carbons (Fsp3) is 0.0500. The summed E-state index contributed by atoms with van der Waals surface area (Å²) in [5, 5.41) is 14.4. The fourth-order valence-corrected chi connectivity index (χ4v) is 2.42. The van der Waals surface area contributed by atoms with E-state index in [4.69, 9.17) is 9.52 Å². The second-order valence-corrected chi connectivity index (χ2v) is 5.80. The van der Waals surface area contributed by atoms with Gasteiger partial charge in [0.15, 0.2) is 5.76 Å². The summed E-state index contributed by atoms with van der Waals surface area (Å²) in [6.07, 6.45) is 1.40. The lowest BCUT2D eigenvalue weighted by Gasteiger charge is -2.10. The van der Waals surface area contributed by atoms with Crippen molar-refractivity contribution < 1.29 is 23.9 Å². The first-order chi connectivity index (χ1) is 12.9. The molecule has 1 aromatic heterocycles. The van der Waals surface area contributed by atoms with Crippen LogP contribution >= 0.6 is 0 Å². The highest BCUT2D eigenvalue weighted by Gasteiger charge is 2.13. The van der Waals surface area contributed by atoms with Gasteiger partial charge < -0.3 is 20.2 Å². The average molecular weight is 364 g/mol. The van der Waals surface area contributed by atoms with Crippen molar-refractivity contribution in [2.24, 2.45) is 0 Å². The van der Waals surface area contributed by atoms with Crippen LogP contribution < -0.4 is 10.6 Å². The maximum atomic E-state index is 12.5. The summed E-state index contributed by atoms with van der Waals surface area (Å²) in [7, 11) is 0.